The van der Waals surface area contributed by atoms with Gasteiger partial charge in [-0.05, 0) is 19.1 Å². The molecule has 21 heavy (non-hydrogen) atoms. The lowest BCUT2D eigenvalue weighted by atomic mass is 10.3. The zero-order chi connectivity index (χ0) is 15.6. The third kappa shape index (κ3) is 3.81. The summed E-state index contributed by atoms with van der Waals surface area (Å²) in [5.74, 6) is -3.36. The van der Waals surface area contributed by atoms with Crippen LogP contribution in [0.4, 0.5) is 8.78 Å². The number of rotatable bonds is 4. The number of carbonyl (C=O) groups excluding carboxylic acids is 1. The lowest BCUT2D eigenvalue weighted by molar-refractivity contribution is -0.00547. The molecule has 0 saturated heterocycles. The normalized spacial score (nSPS) is 11.5. The first-order valence-electron chi connectivity index (χ1n) is 6.29. The maximum absolute atomic E-state index is 13.0. The molecule has 2 rings (SSSR count). The molecule has 0 unspecified atom stereocenters. The first kappa shape index (κ1) is 15.5. The van der Waals surface area contributed by atoms with Crippen molar-refractivity contribution in [2.75, 3.05) is 13.6 Å². The number of thiazole rings is 1. The molecular weight excluding hydrogens is 296 g/mol. The molecule has 0 aliphatic heterocycles. The van der Waals surface area contributed by atoms with Crippen LogP contribution in [-0.4, -0.2) is 40.3 Å². The number of alkyl halides is 2. The first-order valence-corrected chi connectivity index (χ1v) is 7.11. The predicted octanol–water partition coefficient (Wildman–Crippen LogP) is 3.24. The van der Waals surface area contributed by atoms with Gasteiger partial charge in [-0.2, -0.15) is 0 Å². The van der Waals surface area contributed by atoms with Crippen molar-refractivity contribution in [3.63, 3.8) is 0 Å². The van der Waals surface area contributed by atoms with E-state index in [2.05, 4.69) is 9.97 Å². The maximum atomic E-state index is 13.0. The monoisotopic (exact) mass is 311 g/mol. The van der Waals surface area contributed by atoms with E-state index in [-0.39, 0.29) is 0 Å². The maximum Gasteiger partial charge on any atom is 0.265 e. The smallest absolute Gasteiger partial charge is 0.265 e. The Bertz CT molecular complexity index is 637. The van der Waals surface area contributed by atoms with Gasteiger partial charge in [0.25, 0.3) is 11.8 Å². The number of hydrogen-bond donors (Lipinski definition) is 0. The fraction of sp³-hybridized carbons (Fsp3) is 0.357. The number of pyridine rings is 1. The van der Waals surface area contributed by atoms with Crippen molar-refractivity contribution in [2.24, 2.45) is 0 Å². The molecule has 0 aliphatic carbocycles. The molecule has 0 saturated carbocycles. The number of aryl methyl sites for hydroxylation is 1. The van der Waals surface area contributed by atoms with Gasteiger partial charge in [0.05, 0.1) is 12.2 Å². The van der Waals surface area contributed by atoms with Crippen LogP contribution in [0.5, 0.6) is 0 Å². The van der Waals surface area contributed by atoms with Crippen LogP contribution in [0, 0.1) is 6.92 Å². The number of aromatic nitrogens is 2. The molecule has 0 N–H and O–H groups in total. The molecule has 0 aliphatic rings. The van der Waals surface area contributed by atoms with Gasteiger partial charge in [0, 0.05) is 31.9 Å². The highest BCUT2D eigenvalue weighted by atomic mass is 32.1. The summed E-state index contributed by atoms with van der Waals surface area (Å²) in [4.78, 5) is 22.0. The van der Waals surface area contributed by atoms with E-state index in [1.807, 2.05) is 6.07 Å². The van der Waals surface area contributed by atoms with Crippen molar-refractivity contribution in [3.8, 4) is 10.6 Å². The van der Waals surface area contributed by atoms with Gasteiger partial charge in [-0.1, -0.05) is 0 Å². The van der Waals surface area contributed by atoms with E-state index in [0.717, 1.165) is 17.4 Å². The Kier molecular flexibility index (Phi) is 4.32. The number of amides is 1. The average molecular weight is 311 g/mol. The van der Waals surface area contributed by atoms with E-state index in [1.165, 1.54) is 18.4 Å². The van der Waals surface area contributed by atoms with Crippen molar-refractivity contribution in [3.05, 3.63) is 35.1 Å². The molecule has 0 aromatic carbocycles. The largest absolute Gasteiger partial charge is 0.335 e. The highest BCUT2D eigenvalue weighted by molar-refractivity contribution is 7.17. The molecule has 1 amide bonds. The van der Waals surface area contributed by atoms with Gasteiger partial charge in [-0.15, -0.1) is 11.3 Å². The Morgan fingerprint density at radius 1 is 1.48 bits per heavy atom. The van der Waals surface area contributed by atoms with Gasteiger partial charge < -0.3 is 4.90 Å². The van der Waals surface area contributed by atoms with Crippen molar-refractivity contribution < 1.29 is 13.6 Å². The second kappa shape index (κ2) is 5.85. The number of carbonyl (C=O) groups is 1. The van der Waals surface area contributed by atoms with E-state index in [4.69, 9.17) is 0 Å². The van der Waals surface area contributed by atoms with Crippen LogP contribution in [0.3, 0.4) is 0 Å². The second-order valence-corrected chi connectivity index (χ2v) is 5.91. The molecule has 0 fully saturated rings. The van der Waals surface area contributed by atoms with Gasteiger partial charge in [-0.3, -0.25) is 9.78 Å². The first-order chi connectivity index (χ1) is 9.78. The van der Waals surface area contributed by atoms with Crippen molar-refractivity contribution >= 4 is 17.2 Å². The Balaban J connectivity index is 2.25. The Labute approximate surface area is 125 Å². The molecule has 0 spiro atoms. The van der Waals surface area contributed by atoms with Crippen LogP contribution in [0.25, 0.3) is 10.6 Å². The molecule has 112 valence electrons. The second-order valence-electron chi connectivity index (χ2n) is 4.91. The zero-order valence-corrected chi connectivity index (χ0v) is 12.7. The van der Waals surface area contributed by atoms with E-state index >= 15 is 0 Å². The Morgan fingerprint density at radius 3 is 2.76 bits per heavy atom. The number of halogens is 2. The van der Waals surface area contributed by atoms with Crippen LogP contribution in [0.1, 0.15) is 22.3 Å². The Hall–Kier alpha value is -1.89. The van der Waals surface area contributed by atoms with Gasteiger partial charge in [0.15, 0.2) is 0 Å². The van der Waals surface area contributed by atoms with E-state index in [9.17, 15) is 13.6 Å². The molecule has 0 bridgehead atoms. The molecule has 2 heterocycles. The van der Waals surface area contributed by atoms with Crippen molar-refractivity contribution in [1.29, 1.82) is 0 Å². The SMILES string of the molecule is Cc1nc(-c2cccnc2)sc1C(=O)N(C)CC(C)(F)F. The standard InChI is InChI=1S/C14H15F2N3OS/c1-9-11(13(20)19(3)8-14(2,15)16)21-12(18-9)10-5-4-6-17-7-10/h4-7H,8H2,1-3H3. The van der Waals surface area contributed by atoms with Gasteiger partial charge in [0.2, 0.25) is 0 Å². The fourth-order valence-electron chi connectivity index (χ4n) is 1.87. The van der Waals surface area contributed by atoms with Crippen LogP contribution in [0.2, 0.25) is 0 Å². The minimum atomic E-state index is -2.92. The van der Waals surface area contributed by atoms with Crippen LogP contribution in [0.15, 0.2) is 24.5 Å². The Morgan fingerprint density at radius 2 is 2.19 bits per heavy atom. The fourth-order valence-corrected chi connectivity index (χ4v) is 2.92. The van der Waals surface area contributed by atoms with Gasteiger partial charge >= 0.3 is 0 Å². The van der Waals surface area contributed by atoms with E-state index < -0.39 is 18.4 Å². The molecule has 0 atom stereocenters. The predicted molar refractivity (Wildman–Crippen MR) is 77.7 cm³/mol. The third-order valence-corrected chi connectivity index (χ3v) is 3.96. The summed E-state index contributed by atoms with van der Waals surface area (Å²) in [7, 11) is 1.36. The van der Waals surface area contributed by atoms with E-state index in [1.54, 1.807) is 25.4 Å². The molecule has 2 aromatic heterocycles. The number of nitrogens with zero attached hydrogens (tertiary/aromatic N) is 3. The third-order valence-electron chi connectivity index (χ3n) is 2.76. The molecule has 4 nitrogen and oxygen atoms in total. The van der Waals surface area contributed by atoms with Crippen LogP contribution >= 0.6 is 11.3 Å². The van der Waals surface area contributed by atoms with Crippen molar-refractivity contribution in [1.82, 2.24) is 14.9 Å². The van der Waals surface area contributed by atoms with Crippen LogP contribution < -0.4 is 0 Å². The summed E-state index contributed by atoms with van der Waals surface area (Å²) in [5.41, 5.74) is 1.34. The summed E-state index contributed by atoms with van der Waals surface area (Å²) < 4.78 is 26.0. The van der Waals surface area contributed by atoms with Gasteiger partial charge in [-0.25, -0.2) is 13.8 Å². The average Bonchev–Trinajstić information content (AvgIpc) is 2.79. The quantitative estimate of drug-likeness (QED) is 0.871. The summed E-state index contributed by atoms with van der Waals surface area (Å²) in [5, 5.41) is 0.653. The molecule has 0 radical (unpaired) electrons. The zero-order valence-electron chi connectivity index (χ0n) is 11.9. The highest BCUT2D eigenvalue weighted by Gasteiger charge is 2.28. The molecule has 7 heteroatoms. The molecule has 2 aromatic rings. The minimum absolute atomic E-state index is 0.376. The van der Waals surface area contributed by atoms with Gasteiger partial charge in [0.1, 0.15) is 9.88 Å². The summed E-state index contributed by atoms with van der Waals surface area (Å²) in [6.07, 6.45) is 3.30. The summed E-state index contributed by atoms with van der Waals surface area (Å²) >= 11 is 1.19. The summed E-state index contributed by atoms with van der Waals surface area (Å²) in [6.45, 7) is 1.87. The highest BCUT2D eigenvalue weighted by Crippen LogP contribution is 2.28. The van der Waals surface area contributed by atoms with Crippen LogP contribution in [-0.2, 0) is 0 Å². The summed E-state index contributed by atoms with van der Waals surface area (Å²) in [6, 6.07) is 3.61. The molecular formula is C14H15F2N3OS. The number of hydrogen-bond acceptors (Lipinski definition) is 4. The minimum Gasteiger partial charge on any atom is -0.335 e. The van der Waals surface area contributed by atoms with Crippen molar-refractivity contribution in [2.45, 2.75) is 19.8 Å². The topological polar surface area (TPSA) is 46.1 Å². The van der Waals surface area contributed by atoms with E-state index in [0.29, 0.717) is 15.6 Å². The lowest BCUT2D eigenvalue weighted by Crippen LogP contribution is -2.36. The lowest BCUT2D eigenvalue weighted by Gasteiger charge is -2.20.